The molecule has 0 saturated carbocycles. The second kappa shape index (κ2) is 7.10. The molecule has 19 heavy (non-hydrogen) atoms. The molecule has 1 aliphatic heterocycles. The van der Waals surface area contributed by atoms with Gasteiger partial charge in [0.05, 0.1) is 0 Å². The van der Waals surface area contributed by atoms with Crippen LogP contribution >= 0.6 is 0 Å². The molecule has 0 radical (unpaired) electrons. The Morgan fingerprint density at radius 3 is 2.68 bits per heavy atom. The van der Waals surface area contributed by atoms with Crippen LogP contribution in [0, 0.1) is 5.92 Å². The van der Waals surface area contributed by atoms with Gasteiger partial charge in [-0.05, 0) is 46.6 Å². The molecule has 0 spiro atoms. The van der Waals surface area contributed by atoms with Gasteiger partial charge in [-0.2, -0.15) is 0 Å². The van der Waals surface area contributed by atoms with Crippen molar-refractivity contribution in [3.05, 3.63) is 0 Å². The molecule has 1 aliphatic rings. The van der Waals surface area contributed by atoms with E-state index in [1.807, 2.05) is 32.6 Å². The Balaban J connectivity index is 2.42. The van der Waals surface area contributed by atoms with Gasteiger partial charge in [0.15, 0.2) is 0 Å². The van der Waals surface area contributed by atoms with Crippen LogP contribution in [-0.4, -0.2) is 60.8 Å². The van der Waals surface area contributed by atoms with E-state index >= 15 is 0 Å². The molecule has 1 amide bonds. The molecule has 1 saturated heterocycles. The normalized spacial score (nSPS) is 20.6. The highest BCUT2D eigenvalue weighted by molar-refractivity contribution is 5.68. The Kier molecular flexibility index (Phi) is 6.07. The lowest BCUT2D eigenvalue weighted by Crippen LogP contribution is -2.40. The summed E-state index contributed by atoms with van der Waals surface area (Å²) in [6.07, 6.45) is 0.937. The van der Waals surface area contributed by atoms with Gasteiger partial charge in [-0.1, -0.05) is 0 Å². The number of hydrogen-bond donors (Lipinski definition) is 1. The van der Waals surface area contributed by atoms with E-state index in [1.165, 1.54) is 0 Å². The summed E-state index contributed by atoms with van der Waals surface area (Å²) in [5.41, 5.74) is 5.15. The van der Waals surface area contributed by atoms with E-state index in [2.05, 4.69) is 4.90 Å². The van der Waals surface area contributed by atoms with Gasteiger partial charge in [0.1, 0.15) is 5.60 Å². The van der Waals surface area contributed by atoms with Crippen LogP contribution in [0.4, 0.5) is 4.79 Å². The summed E-state index contributed by atoms with van der Waals surface area (Å²) < 4.78 is 5.43. The van der Waals surface area contributed by atoms with Gasteiger partial charge in [-0.25, -0.2) is 4.79 Å². The first-order chi connectivity index (χ1) is 8.85. The number of nitrogens with zero attached hydrogens (tertiary/aromatic N) is 2. The number of hydrogen-bond acceptors (Lipinski definition) is 4. The van der Waals surface area contributed by atoms with Crippen molar-refractivity contribution in [2.45, 2.75) is 39.7 Å². The minimum absolute atomic E-state index is 0.202. The number of ether oxygens (including phenoxy) is 1. The van der Waals surface area contributed by atoms with Crippen molar-refractivity contribution in [2.24, 2.45) is 11.7 Å². The van der Waals surface area contributed by atoms with Gasteiger partial charge >= 0.3 is 6.09 Å². The molecule has 112 valence electrons. The van der Waals surface area contributed by atoms with E-state index in [-0.39, 0.29) is 6.09 Å². The molecule has 2 N–H and O–H groups in total. The van der Waals surface area contributed by atoms with Crippen LogP contribution in [0.25, 0.3) is 0 Å². The fourth-order valence-corrected chi connectivity index (χ4v) is 2.42. The van der Waals surface area contributed by atoms with Crippen LogP contribution in [0.1, 0.15) is 34.1 Å². The van der Waals surface area contributed by atoms with Crippen LogP contribution in [0.2, 0.25) is 0 Å². The van der Waals surface area contributed by atoms with Crippen LogP contribution in [0.3, 0.4) is 0 Å². The summed E-state index contributed by atoms with van der Waals surface area (Å²) in [5, 5.41) is 0. The quantitative estimate of drug-likeness (QED) is 0.823. The van der Waals surface area contributed by atoms with Gasteiger partial charge < -0.3 is 20.3 Å². The summed E-state index contributed by atoms with van der Waals surface area (Å²) >= 11 is 0. The van der Waals surface area contributed by atoms with Crippen molar-refractivity contribution in [1.82, 2.24) is 9.80 Å². The lowest BCUT2D eigenvalue weighted by atomic mass is 10.1. The van der Waals surface area contributed by atoms with Crippen molar-refractivity contribution in [3.8, 4) is 0 Å². The van der Waals surface area contributed by atoms with Gasteiger partial charge in [-0.15, -0.1) is 0 Å². The fourth-order valence-electron chi connectivity index (χ4n) is 2.42. The minimum Gasteiger partial charge on any atom is -0.444 e. The molecule has 5 heteroatoms. The Morgan fingerprint density at radius 1 is 1.47 bits per heavy atom. The lowest BCUT2D eigenvalue weighted by molar-refractivity contribution is 0.0233. The topological polar surface area (TPSA) is 58.8 Å². The Hall–Kier alpha value is -0.810. The number of amides is 1. The predicted molar refractivity (Wildman–Crippen MR) is 77.1 cm³/mol. The zero-order valence-corrected chi connectivity index (χ0v) is 12.8. The highest BCUT2D eigenvalue weighted by Gasteiger charge is 2.27. The van der Waals surface area contributed by atoms with Gasteiger partial charge in [0, 0.05) is 32.7 Å². The smallest absolute Gasteiger partial charge is 0.410 e. The molecule has 1 fully saturated rings. The highest BCUT2D eigenvalue weighted by Crippen LogP contribution is 2.18. The molecule has 1 rings (SSSR count). The van der Waals surface area contributed by atoms with E-state index < -0.39 is 5.60 Å². The lowest BCUT2D eigenvalue weighted by Gasteiger charge is -2.28. The van der Waals surface area contributed by atoms with Gasteiger partial charge in [0.25, 0.3) is 0 Å². The zero-order chi connectivity index (χ0) is 14.5. The number of carbonyl (C=O) groups excluding carboxylic acids is 1. The molecule has 1 heterocycles. The van der Waals surface area contributed by atoms with Crippen LogP contribution < -0.4 is 5.73 Å². The molecule has 0 aromatic carbocycles. The number of nitrogens with two attached hydrogens (primary N) is 1. The maximum absolute atomic E-state index is 12.1. The molecule has 5 nitrogen and oxygen atoms in total. The number of carbonyl (C=O) groups is 1. The molecule has 0 unspecified atom stereocenters. The third-order valence-corrected chi connectivity index (χ3v) is 3.33. The average Bonchev–Trinajstić information content (AvgIpc) is 2.71. The first-order valence-corrected chi connectivity index (χ1v) is 7.26. The van der Waals surface area contributed by atoms with Crippen molar-refractivity contribution < 1.29 is 9.53 Å². The third-order valence-electron chi connectivity index (χ3n) is 3.33. The van der Waals surface area contributed by atoms with E-state index in [1.54, 1.807) is 0 Å². The summed E-state index contributed by atoms with van der Waals surface area (Å²) in [4.78, 5) is 16.2. The summed E-state index contributed by atoms with van der Waals surface area (Å²) in [5.74, 6) is 0.541. The number of rotatable bonds is 5. The van der Waals surface area contributed by atoms with E-state index in [4.69, 9.17) is 10.5 Å². The second-order valence-electron chi connectivity index (χ2n) is 6.26. The summed E-state index contributed by atoms with van der Waals surface area (Å²) in [7, 11) is 0. The average molecular weight is 271 g/mol. The third kappa shape index (κ3) is 5.78. The largest absolute Gasteiger partial charge is 0.444 e. The van der Waals surface area contributed by atoms with Crippen molar-refractivity contribution in [3.63, 3.8) is 0 Å². The van der Waals surface area contributed by atoms with E-state index in [0.29, 0.717) is 19.0 Å². The molecular formula is C14H29N3O2. The molecule has 1 atom stereocenters. The second-order valence-corrected chi connectivity index (χ2v) is 6.26. The molecule has 0 aromatic rings. The Bertz CT molecular complexity index is 289. The van der Waals surface area contributed by atoms with Crippen molar-refractivity contribution >= 4 is 6.09 Å². The molecule has 0 aromatic heterocycles. The monoisotopic (exact) mass is 271 g/mol. The van der Waals surface area contributed by atoms with E-state index in [0.717, 1.165) is 32.6 Å². The SMILES string of the molecule is CCN(C[C@H]1CCN(CCN)C1)C(=O)OC(C)(C)C. The van der Waals surface area contributed by atoms with Gasteiger partial charge in [0.2, 0.25) is 0 Å². The predicted octanol–water partition coefficient (Wildman–Crippen LogP) is 1.52. The standard InChI is InChI=1S/C14H29N3O2/c1-5-17(13(18)19-14(2,3)4)11-12-6-8-16(10-12)9-7-15/h12H,5-11,15H2,1-4H3/t12-/m0/s1. The Morgan fingerprint density at radius 2 is 2.16 bits per heavy atom. The number of likely N-dealkylation sites (tertiary alicyclic amines) is 1. The molecule has 0 aliphatic carbocycles. The van der Waals surface area contributed by atoms with Crippen molar-refractivity contribution in [2.75, 3.05) is 39.3 Å². The van der Waals surface area contributed by atoms with Crippen LogP contribution in [-0.2, 0) is 4.74 Å². The highest BCUT2D eigenvalue weighted by atomic mass is 16.6. The maximum Gasteiger partial charge on any atom is 0.410 e. The van der Waals surface area contributed by atoms with Crippen molar-refractivity contribution in [1.29, 1.82) is 0 Å². The van der Waals surface area contributed by atoms with Crippen LogP contribution in [0.15, 0.2) is 0 Å². The first-order valence-electron chi connectivity index (χ1n) is 7.26. The summed E-state index contributed by atoms with van der Waals surface area (Å²) in [6, 6.07) is 0. The molecule has 0 bridgehead atoms. The van der Waals surface area contributed by atoms with Crippen LogP contribution in [0.5, 0.6) is 0 Å². The zero-order valence-electron chi connectivity index (χ0n) is 12.8. The molecular weight excluding hydrogens is 242 g/mol. The van der Waals surface area contributed by atoms with Gasteiger partial charge in [-0.3, -0.25) is 0 Å². The van der Waals surface area contributed by atoms with E-state index in [9.17, 15) is 4.79 Å². The maximum atomic E-state index is 12.1. The fraction of sp³-hybridized carbons (Fsp3) is 0.929. The first kappa shape index (κ1) is 16.2. The minimum atomic E-state index is -0.425. The summed E-state index contributed by atoms with van der Waals surface area (Å²) in [6.45, 7) is 13.0. The Labute approximate surface area is 117 Å².